The number of amides is 1. The molecule has 1 aliphatic rings. The van der Waals surface area contributed by atoms with Crippen LogP contribution >= 0.6 is 0 Å². The number of rotatable bonds is 4. The van der Waals surface area contributed by atoms with E-state index in [4.69, 9.17) is 10.00 Å². The average molecular weight is 338 g/mol. The number of nitrogens with zero attached hydrogens (tertiary/aromatic N) is 2. The summed E-state index contributed by atoms with van der Waals surface area (Å²) in [6.07, 6.45) is -0.0208. The van der Waals surface area contributed by atoms with Crippen LogP contribution in [0, 0.1) is 23.1 Å². The van der Waals surface area contributed by atoms with E-state index in [1.807, 2.05) is 6.07 Å². The van der Waals surface area contributed by atoms with Crippen molar-refractivity contribution in [1.82, 2.24) is 0 Å². The third-order valence-electron chi connectivity index (χ3n) is 4.11. The van der Waals surface area contributed by atoms with Gasteiger partial charge in [0.05, 0.1) is 23.2 Å². The van der Waals surface area contributed by atoms with Crippen LogP contribution in [0.4, 0.5) is 10.1 Å². The van der Waals surface area contributed by atoms with Gasteiger partial charge >= 0.3 is 5.97 Å². The molecule has 3 rings (SSSR count). The van der Waals surface area contributed by atoms with E-state index in [0.717, 1.165) is 0 Å². The molecule has 0 spiro atoms. The molecule has 126 valence electrons. The van der Waals surface area contributed by atoms with Crippen molar-refractivity contribution in [3.8, 4) is 6.07 Å². The number of carbonyl (C=O) groups is 2. The number of hydrogen-bond donors (Lipinski definition) is 0. The van der Waals surface area contributed by atoms with Crippen molar-refractivity contribution >= 4 is 17.6 Å². The summed E-state index contributed by atoms with van der Waals surface area (Å²) in [6, 6.07) is 14.8. The summed E-state index contributed by atoms with van der Waals surface area (Å²) in [7, 11) is 0. The predicted molar refractivity (Wildman–Crippen MR) is 87.8 cm³/mol. The van der Waals surface area contributed by atoms with Crippen molar-refractivity contribution in [3.63, 3.8) is 0 Å². The molecule has 0 radical (unpaired) electrons. The molecule has 1 heterocycles. The van der Waals surface area contributed by atoms with Crippen LogP contribution in [-0.2, 0) is 20.9 Å². The number of para-hydroxylation sites is 1. The minimum absolute atomic E-state index is 0.0208. The number of anilines is 1. The van der Waals surface area contributed by atoms with Gasteiger partial charge in [0, 0.05) is 18.5 Å². The standard InChI is InChI=1S/C19H15FN2O3/c20-16-7-3-4-8-17(16)22-11-15(9-18(22)23)19(24)25-12-14-6-2-1-5-13(14)10-21/h1-8,15H,9,11-12H2/t15-/m1/s1. The van der Waals surface area contributed by atoms with Gasteiger partial charge in [-0.1, -0.05) is 30.3 Å². The van der Waals surface area contributed by atoms with Gasteiger partial charge in [-0.05, 0) is 18.2 Å². The number of halogens is 1. The summed E-state index contributed by atoms with van der Waals surface area (Å²) >= 11 is 0. The zero-order valence-corrected chi connectivity index (χ0v) is 13.3. The Bertz CT molecular complexity index is 860. The monoisotopic (exact) mass is 338 g/mol. The average Bonchev–Trinajstić information content (AvgIpc) is 3.02. The first kappa shape index (κ1) is 16.7. The SMILES string of the molecule is N#Cc1ccccc1COC(=O)[C@@H]1CC(=O)N(c2ccccc2F)C1. The normalized spacial score (nSPS) is 16.6. The fourth-order valence-corrected chi connectivity index (χ4v) is 2.79. The predicted octanol–water partition coefficient (Wildman–Crippen LogP) is 2.79. The van der Waals surface area contributed by atoms with E-state index in [-0.39, 0.29) is 31.2 Å². The molecule has 25 heavy (non-hydrogen) atoms. The Morgan fingerprint density at radius 1 is 1.24 bits per heavy atom. The van der Waals surface area contributed by atoms with E-state index in [1.54, 1.807) is 30.3 Å². The van der Waals surface area contributed by atoms with E-state index < -0.39 is 17.7 Å². The lowest BCUT2D eigenvalue weighted by Gasteiger charge is -2.17. The summed E-state index contributed by atoms with van der Waals surface area (Å²) in [5, 5.41) is 9.04. The highest BCUT2D eigenvalue weighted by Crippen LogP contribution is 2.28. The van der Waals surface area contributed by atoms with Crippen LogP contribution in [-0.4, -0.2) is 18.4 Å². The molecule has 1 aliphatic heterocycles. The number of nitriles is 1. The lowest BCUT2D eigenvalue weighted by atomic mass is 10.1. The molecular weight excluding hydrogens is 323 g/mol. The number of ether oxygens (including phenoxy) is 1. The van der Waals surface area contributed by atoms with Crippen LogP contribution in [0.3, 0.4) is 0 Å². The number of benzene rings is 2. The molecule has 2 aromatic rings. The molecule has 0 saturated carbocycles. The molecule has 1 amide bonds. The van der Waals surface area contributed by atoms with E-state index in [9.17, 15) is 14.0 Å². The highest BCUT2D eigenvalue weighted by atomic mass is 19.1. The first-order chi connectivity index (χ1) is 12.1. The molecule has 1 saturated heterocycles. The largest absolute Gasteiger partial charge is 0.460 e. The smallest absolute Gasteiger partial charge is 0.311 e. The minimum atomic E-state index is -0.652. The Morgan fingerprint density at radius 3 is 2.72 bits per heavy atom. The van der Waals surface area contributed by atoms with Crippen molar-refractivity contribution < 1.29 is 18.7 Å². The van der Waals surface area contributed by atoms with Gasteiger partial charge in [-0.25, -0.2) is 4.39 Å². The number of esters is 1. The van der Waals surface area contributed by atoms with Crippen LogP contribution < -0.4 is 4.90 Å². The van der Waals surface area contributed by atoms with Gasteiger partial charge in [-0.3, -0.25) is 9.59 Å². The quantitative estimate of drug-likeness (QED) is 0.804. The van der Waals surface area contributed by atoms with Crippen LogP contribution in [0.15, 0.2) is 48.5 Å². The fraction of sp³-hybridized carbons (Fsp3) is 0.211. The molecule has 5 nitrogen and oxygen atoms in total. The van der Waals surface area contributed by atoms with Crippen molar-refractivity contribution in [2.75, 3.05) is 11.4 Å². The van der Waals surface area contributed by atoms with E-state index in [0.29, 0.717) is 11.1 Å². The van der Waals surface area contributed by atoms with E-state index in [1.165, 1.54) is 23.1 Å². The van der Waals surface area contributed by atoms with Crippen molar-refractivity contribution in [3.05, 3.63) is 65.5 Å². The van der Waals surface area contributed by atoms with Crippen molar-refractivity contribution in [1.29, 1.82) is 5.26 Å². The Kier molecular flexibility index (Phi) is 4.75. The summed E-state index contributed by atoms with van der Waals surface area (Å²) in [6.45, 7) is 0.0471. The maximum atomic E-state index is 13.9. The van der Waals surface area contributed by atoms with Gasteiger partial charge in [0.15, 0.2) is 0 Å². The maximum absolute atomic E-state index is 13.9. The number of hydrogen-bond acceptors (Lipinski definition) is 4. The molecule has 0 N–H and O–H groups in total. The molecular formula is C19H15FN2O3. The van der Waals surface area contributed by atoms with Gasteiger partial charge in [-0.2, -0.15) is 5.26 Å². The van der Waals surface area contributed by atoms with Gasteiger partial charge in [0.25, 0.3) is 0 Å². The summed E-state index contributed by atoms with van der Waals surface area (Å²) in [5.41, 5.74) is 1.21. The first-order valence-electron chi connectivity index (χ1n) is 7.79. The molecule has 1 fully saturated rings. The Hall–Kier alpha value is -3.20. The van der Waals surface area contributed by atoms with E-state index >= 15 is 0 Å². The highest BCUT2D eigenvalue weighted by Gasteiger charge is 2.37. The van der Waals surface area contributed by atoms with Crippen molar-refractivity contribution in [2.45, 2.75) is 13.0 Å². The van der Waals surface area contributed by atoms with Gasteiger partial charge in [0.2, 0.25) is 5.91 Å². The zero-order chi connectivity index (χ0) is 17.8. The molecule has 6 heteroatoms. The molecule has 2 aromatic carbocycles. The van der Waals surface area contributed by atoms with Gasteiger partial charge in [-0.15, -0.1) is 0 Å². The Morgan fingerprint density at radius 2 is 1.96 bits per heavy atom. The van der Waals surface area contributed by atoms with Crippen LogP contribution in [0.1, 0.15) is 17.5 Å². The number of carbonyl (C=O) groups excluding carboxylic acids is 2. The lowest BCUT2D eigenvalue weighted by Crippen LogP contribution is -2.27. The molecule has 0 unspecified atom stereocenters. The Balaban J connectivity index is 1.65. The Labute approximate surface area is 144 Å². The second-order valence-electron chi connectivity index (χ2n) is 5.73. The zero-order valence-electron chi connectivity index (χ0n) is 13.3. The van der Waals surface area contributed by atoms with Gasteiger partial charge < -0.3 is 9.64 Å². The summed E-state index contributed by atoms with van der Waals surface area (Å²) in [5.74, 6) is -2.00. The van der Waals surface area contributed by atoms with Crippen LogP contribution in [0.5, 0.6) is 0 Å². The van der Waals surface area contributed by atoms with E-state index in [2.05, 4.69) is 0 Å². The minimum Gasteiger partial charge on any atom is -0.460 e. The third-order valence-corrected chi connectivity index (χ3v) is 4.11. The highest BCUT2D eigenvalue weighted by molar-refractivity contribution is 5.99. The van der Waals surface area contributed by atoms with Crippen molar-refractivity contribution in [2.24, 2.45) is 5.92 Å². The summed E-state index contributed by atoms with van der Waals surface area (Å²) < 4.78 is 19.1. The molecule has 0 bridgehead atoms. The molecule has 1 atom stereocenters. The third kappa shape index (κ3) is 3.50. The van der Waals surface area contributed by atoms with Crippen LogP contribution in [0.2, 0.25) is 0 Å². The van der Waals surface area contributed by atoms with Crippen LogP contribution in [0.25, 0.3) is 0 Å². The topological polar surface area (TPSA) is 70.4 Å². The molecule has 0 aromatic heterocycles. The second-order valence-corrected chi connectivity index (χ2v) is 5.73. The summed E-state index contributed by atoms with van der Waals surface area (Å²) in [4.78, 5) is 25.6. The first-order valence-corrected chi connectivity index (χ1v) is 7.79. The molecule has 0 aliphatic carbocycles. The second kappa shape index (κ2) is 7.14. The van der Waals surface area contributed by atoms with Gasteiger partial charge in [0.1, 0.15) is 12.4 Å². The lowest BCUT2D eigenvalue weighted by molar-refractivity contribution is -0.149. The fourth-order valence-electron chi connectivity index (χ4n) is 2.79. The maximum Gasteiger partial charge on any atom is 0.311 e.